The first-order chi connectivity index (χ1) is 8.32. The van der Waals surface area contributed by atoms with Gasteiger partial charge in [0.1, 0.15) is 0 Å². The van der Waals surface area contributed by atoms with E-state index in [-0.39, 0.29) is 5.91 Å². The largest absolute Gasteiger partial charge is 0.474 e. The van der Waals surface area contributed by atoms with Gasteiger partial charge in [0.25, 0.3) is 0 Å². The number of carbonyl (C=O) groups excluding carboxylic acids is 2. The molecule has 0 spiro atoms. The van der Waals surface area contributed by atoms with Crippen LogP contribution in [-0.4, -0.2) is 22.9 Å². The Balaban J connectivity index is 2.35. The van der Waals surface area contributed by atoms with E-state index in [0.29, 0.717) is 11.4 Å². The molecule has 0 unspecified atom stereocenters. The SMILES string of the molecule is CC1(C)C(=O)Nc2ccc(NC(=O)C(=O)O)cc21. The maximum absolute atomic E-state index is 11.7. The molecule has 0 saturated carbocycles. The first kappa shape index (κ1) is 12.1. The molecule has 94 valence electrons. The number of amides is 2. The number of hydrogen-bond donors (Lipinski definition) is 3. The van der Waals surface area contributed by atoms with E-state index < -0.39 is 17.3 Å². The fourth-order valence-corrected chi connectivity index (χ4v) is 1.83. The summed E-state index contributed by atoms with van der Waals surface area (Å²) in [6.07, 6.45) is 0. The Morgan fingerprint density at radius 2 is 2.00 bits per heavy atom. The number of anilines is 2. The van der Waals surface area contributed by atoms with Gasteiger partial charge in [0.2, 0.25) is 5.91 Å². The van der Waals surface area contributed by atoms with E-state index >= 15 is 0 Å². The lowest BCUT2D eigenvalue weighted by atomic mass is 9.86. The summed E-state index contributed by atoms with van der Waals surface area (Å²) >= 11 is 0. The Kier molecular flexibility index (Phi) is 2.58. The van der Waals surface area contributed by atoms with E-state index in [1.165, 1.54) is 0 Å². The van der Waals surface area contributed by atoms with Crippen LogP contribution in [-0.2, 0) is 19.8 Å². The Morgan fingerprint density at radius 1 is 1.33 bits per heavy atom. The van der Waals surface area contributed by atoms with Gasteiger partial charge in [-0.15, -0.1) is 0 Å². The number of carboxylic acids is 1. The van der Waals surface area contributed by atoms with Gasteiger partial charge in [0.05, 0.1) is 5.41 Å². The zero-order valence-corrected chi connectivity index (χ0v) is 9.90. The molecule has 0 aromatic heterocycles. The summed E-state index contributed by atoms with van der Waals surface area (Å²) in [6.45, 7) is 3.52. The van der Waals surface area contributed by atoms with Crippen LogP contribution >= 0.6 is 0 Å². The maximum Gasteiger partial charge on any atom is 0.394 e. The monoisotopic (exact) mass is 248 g/mol. The molecule has 0 fully saturated rings. The summed E-state index contributed by atoms with van der Waals surface area (Å²) in [6, 6.07) is 4.79. The van der Waals surface area contributed by atoms with E-state index in [2.05, 4.69) is 10.6 Å². The fraction of sp³-hybridized carbons (Fsp3) is 0.250. The molecule has 1 aliphatic rings. The molecule has 18 heavy (non-hydrogen) atoms. The topological polar surface area (TPSA) is 95.5 Å². The van der Waals surface area contributed by atoms with Crippen molar-refractivity contribution in [3.05, 3.63) is 23.8 Å². The van der Waals surface area contributed by atoms with Crippen molar-refractivity contribution >= 4 is 29.2 Å². The Bertz CT molecular complexity index is 563. The van der Waals surface area contributed by atoms with Gasteiger partial charge >= 0.3 is 11.9 Å². The summed E-state index contributed by atoms with van der Waals surface area (Å²) in [7, 11) is 0. The lowest BCUT2D eigenvalue weighted by Crippen LogP contribution is -2.27. The fourth-order valence-electron chi connectivity index (χ4n) is 1.83. The Morgan fingerprint density at radius 3 is 2.61 bits per heavy atom. The molecule has 0 aliphatic carbocycles. The summed E-state index contributed by atoms with van der Waals surface area (Å²) < 4.78 is 0. The van der Waals surface area contributed by atoms with Crippen molar-refractivity contribution in [1.82, 2.24) is 0 Å². The van der Waals surface area contributed by atoms with Crippen LogP contribution in [0.5, 0.6) is 0 Å². The third kappa shape index (κ3) is 1.81. The standard InChI is InChI=1S/C12H12N2O4/c1-12(2)7-5-6(13-9(15)10(16)17)3-4-8(7)14-11(12)18/h3-5H,1-2H3,(H,13,15)(H,14,18)(H,16,17). The van der Waals surface area contributed by atoms with Crippen LogP contribution in [0, 0.1) is 0 Å². The van der Waals surface area contributed by atoms with Crippen LogP contribution < -0.4 is 10.6 Å². The normalized spacial score (nSPS) is 15.8. The van der Waals surface area contributed by atoms with Crippen LogP contribution in [0.3, 0.4) is 0 Å². The van der Waals surface area contributed by atoms with E-state index in [1.807, 2.05) is 0 Å². The highest BCUT2D eigenvalue weighted by molar-refractivity contribution is 6.36. The number of nitrogens with one attached hydrogen (secondary N) is 2. The average Bonchev–Trinajstić information content (AvgIpc) is 2.51. The predicted octanol–water partition coefficient (Wildman–Crippen LogP) is 0.939. The van der Waals surface area contributed by atoms with E-state index in [4.69, 9.17) is 5.11 Å². The third-order valence-corrected chi connectivity index (χ3v) is 2.96. The van der Waals surface area contributed by atoms with Gasteiger partial charge in [0.15, 0.2) is 0 Å². The van der Waals surface area contributed by atoms with Crippen molar-refractivity contribution in [2.75, 3.05) is 10.6 Å². The number of benzene rings is 1. The highest BCUT2D eigenvalue weighted by atomic mass is 16.4. The molecule has 1 aromatic carbocycles. The molecule has 6 nitrogen and oxygen atoms in total. The van der Waals surface area contributed by atoms with Gasteiger partial charge in [-0.1, -0.05) is 0 Å². The van der Waals surface area contributed by atoms with E-state index in [0.717, 1.165) is 5.56 Å². The van der Waals surface area contributed by atoms with Gasteiger partial charge in [-0.05, 0) is 37.6 Å². The molecule has 2 rings (SSSR count). The maximum atomic E-state index is 11.7. The van der Waals surface area contributed by atoms with Crippen molar-refractivity contribution in [2.45, 2.75) is 19.3 Å². The number of hydrogen-bond acceptors (Lipinski definition) is 3. The van der Waals surface area contributed by atoms with Crippen molar-refractivity contribution < 1.29 is 19.5 Å². The summed E-state index contributed by atoms with van der Waals surface area (Å²) in [4.78, 5) is 33.2. The number of rotatable bonds is 1. The number of carbonyl (C=O) groups is 3. The molecule has 1 aliphatic heterocycles. The van der Waals surface area contributed by atoms with Gasteiger partial charge in [-0.2, -0.15) is 0 Å². The number of aliphatic carboxylic acids is 1. The Hall–Kier alpha value is -2.37. The Labute approximate surface area is 103 Å². The van der Waals surface area contributed by atoms with Crippen molar-refractivity contribution in [3.63, 3.8) is 0 Å². The molecule has 3 N–H and O–H groups in total. The average molecular weight is 248 g/mol. The van der Waals surface area contributed by atoms with Crippen molar-refractivity contribution in [3.8, 4) is 0 Å². The van der Waals surface area contributed by atoms with Crippen LogP contribution in [0.4, 0.5) is 11.4 Å². The molecule has 1 heterocycles. The van der Waals surface area contributed by atoms with Crippen molar-refractivity contribution in [2.24, 2.45) is 0 Å². The van der Waals surface area contributed by atoms with E-state index in [9.17, 15) is 14.4 Å². The lowest BCUT2D eigenvalue weighted by Gasteiger charge is -2.15. The van der Waals surface area contributed by atoms with Gasteiger partial charge in [-0.25, -0.2) is 4.79 Å². The molecule has 0 bridgehead atoms. The summed E-state index contributed by atoms with van der Waals surface area (Å²) in [5.41, 5.74) is 1.07. The molecule has 0 atom stereocenters. The second-order valence-corrected chi connectivity index (χ2v) is 4.60. The lowest BCUT2D eigenvalue weighted by molar-refractivity contribution is -0.147. The van der Waals surface area contributed by atoms with Gasteiger partial charge in [0, 0.05) is 11.4 Å². The first-order valence-corrected chi connectivity index (χ1v) is 5.32. The third-order valence-electron chi connectivity index (χ3n) is 2.96. The number of fused-ring (bicyclic) bond motifs is 1. The smallest absolute Gasteiger partial charge is 0.394 e. The summed E-state index contributed by atoms with van der Waals surface area (Å²) in [5.74, 6) is -2.78. The second-order valence-electron chi connectivity index (χ2n) is 4.60. The van der Waals surface area contributed by atoms with Crippen LogP contribution in [0.2, 0.25) is 0 Å². The molecule has 0 radical (unpaired) electrons. The second kappa shape index (κ2) is 3.83. The van der Waals surface area contributed by atoms with Crippen LogP contribution in [0.15, 0.2) is 18.2 Å². The highest BCUT2D eigenvalue weighted by Gasteiger charge is 2.38. The molecule has 6 heteroatoms. The molecule has 1 aromatic rings. The zero-order chi connectivity index (χ0) is 13.5. The van der Waals surface area contributed by atoms with Gasteiger partial charge < -0.3 is 15.7 Å². The highest BCUT2D eigenvalue weighted by Crippen LogP contribution is 2.38. The molecular formula is C12H12N2O4. The molecule has 0 saturated heterocycles. The molecular weight excluding hydrogens is 236 g/mol. The van der Waals surface area contributed by atoms with Crippen molar-refractivity contribution in [1.29, 1.82) is 0 Å². The number of carboxylic acid groups (broad SMARTS) is 1. The quantitative estimate of drug-likeness (QED) is 0.644. The van der Waals surface area contributed by atoms with Crippen LogP contribution in [0.25, 0.3) is 0 Å². The minimum atomic E-state index is -1.55. The van der Waals surface area contributed by atoms with E-state index in [1.54, 1.807) is 32.0 Å². The predicted molar refractivity (Wildman–Crippen MR) is 64.4 cm³/mol. The zero-order valence-electron chi connectivity index (χ0n) is 9.90. The van der Waals surface area contributed by atoms with Gasteiger partial charge in [-0.3, -0.25) is 9.59 Å². The van der Waals surface area contributed by atoms with Crippen LogP contribution in [0.1, 0.15) is 19.4 Å². The molecule has 2 amide bonds. The minimum Gasteiger partial charge on any atom is -0.474 e. The summed E-state index contributed by atoms with van der Waals surface area (Å²) in [5, 5.41) is 13.5. The first-order valence-electron chi connectivity index (χ1n) is 5.32. The minimum absolute atomic E-state index is 0.126.